The summed E-state index contributed by atoms with van der Waals surface area (Å²) in [5.74, 6) is -0.488. The first kappa shape index (κ1) is 14.7. The van der Waals surface area contributed by atoms with Gasteiger partial charge in [0.2, 0.25) is 0 Å². The third kappa shape index (κ3) is 3.34. The molecule has 1 amide bonds. The van der Waals surface area contributed by atoms with E-state index in [0.717, 1.165) is 9.13 Å². The molecule has 0 aliphatic rings. The highest BCUT2D eigenvalue weighted by Gasteiger charge is 2.18. The van der Waals surface area contributed by atoms with Gasteiger partial charge in [0.05, 0.1) is 25.0 Å². The molecular weight excluding hydrogens is 349 g/mol. The van der Waals surface area contributed by atoms with Crippen molar-refractivity contribution >= 4 is 40.3 Å². The van der Waals surface area contributed by atoms with Crippen molar-refractivity contribution in [3.63, 3.8) is 0 Å². The van der Waals surface area contributed by atoms with Gasteiger partial charge in [0.1, 0.15) is 0 Å². The minimum atomic E-state index is -0.594. The number of carbonyl (C=O) groups is 2. The van der Waals surface area contributed by atoms with Gasteiger partial charge < -0.3 is 9.47 Å². The number of hydrogen-bond acceptors (Lipinski definition) is 4. The summed E-state index contributed by atoms with van der Waals surface area (Å²) < 4.78 is 10.4. The number of amides is 1. The number of methoxy groups -OCH3 is 1. The lowest BCUT2D eigenvalue weighted by molar-refractivity contribution is 0.0601. The second-order valence-electron chi connectivity index (χ2n) is 3.43. The molecule has 0 heterocycles. The van der Waals surface area contributed by atoms with Crippen LogP contribution in [0.2, 0.25) is 0 Å². The van der Waals surface area contributed by atoms with Gasteiger partial charge in [-0.3, -0.25) is 5.32 Å². The van der Waals surface area contributed by atoms with Crippen molar-refractivity contribution in [3.05, 3.63) is 26.8 Å². The van der Waals surface area contributed by atoms with E-state index in [2.05, 4.69) is 27.9 Å². The highest BCUT2D eigenvalue weighted by atomic mass is 127. The van der Waals surface area contributed by atoms with Crippen LogP contribution in [0.15, 0.2) is 12.1 Å². The van der Waals surface area contributed by atoms with Crippen molar-refractivity contribution in [3.8, 4) is 0 Å². The van der Waals surface area contributed by atoms with Crippen LogP contribution in [0, 0.1) is 10.5 Å². The Balaban J connectivity index is 3.15. The number of rotatable bonds is 3. The number of nitrogens with one attached hydrogen (secondary N) is 1. The second-order valence-corrected chi connectivity index (χ2v) is 4.59. The molecule has 0 fully saturated rings. The van der Waals surface area contributed by atoms with Crippen molar-refractivity contribution in [2.75, 3.05) is 19.0 Å². The van der Waals surface area contributed by atoms with E-state index < -0.39 is 12.1 Å². The standard InChI is InChI=1S/C12H14INO4/c1-4-18-12(16)14-9-6-5-8(13)7(2)10(9)11(15)17-3/h5-6H,4H2,1-3H3,(H,14,16). The molecule has 0 aromatic heterocycles. The average Bonchev–Trinajstić information content (AvgIpc) is 2.33. The van der Waals surface area contributed by atoms with Crippen LogP contribution >= 0.6 is 22.6 Å². The van der Waals surface area contributed by atoms with Gasteiger partial charge in [0.25, 0.3) is 0 Å². The van der Waals surface area contributed by atoms with E-state index in [9.17, 15) is 9.59 Å². The molecule has 0 saturated carbocycles. The summed E-state index contributed by atoms with van der Waals surface area (Å²) in [7, 11) is 1.30. The lowest BCUT2D eigenvalue weighted by Crippen LogP contribution is -2.17. The predicted octanol–water partition coefficient (Wildman–Crippen LogP) is 2.95. The zero-order valence-electron chi connectivity index (χ0n) is 10.4. The largest absolute Gasteiger partial charge is 0.465 e. The van der Waals surface area contributed by atoms with Crippen LogP contribution < -0.4 is 5.32 Å². The Morgan fingerprint density at radius 1 is 1.39 bits per heavy atom. The van der Waals surface area contributed by atoms with Gasteiger partial charge in [0, 0.05) is 3.57 Å². The first-order valence-corrected chi connectivity index (χ1v) is 6.40. The number of esters is 1. The average molecular weight is 363 g/mol. The Morgan fingerprint density at radius 2 is 2.06 bits per heavy atom. The summed E-state index contributed by atoms with van der Waals surface area (Å²) >= 11 is 2.11. The Bertz CT molecular complexity index is 473. The van der Waals surface area contributed by atoms with E-state index in [1.165, 1.54) is 7.11 Å². The van der Waals surface area contributed by atoms with Gasteiger partial charge >= 0.3 is 12.1 Å². The molecule has 1 N–H and O–H groups in total. The lowest BCUT2D eigenvalue weighted by Gasteiger charge is -2.13. The minimum absolute atomic E-state index is 0.267. The number of ether oxygens (including phenoxy) is 2. The highest BCUT2D eigenvalue weighted by molar-refractivity contribution is 14.1. The van der Waals surface area contributed by atoms with Gasteiger partial charge in [-0.05, 0) is 54.1 Å². The quantitative estimate of drug-likeness (QED) is 0.663. The zero-order valence-corrected chi connectivity index (χ0v) is 12.5. The first-order valence-electron chi connectivity index (χ1n) is 5.32. The number of halogens is 1. The molecule has 0 radical (unpaired) electrons. The van der Waals surface area contributed by atoms with Crippen LogP contribution in [0.4, 0.5) is 10.5 Å². The summed E-state index contributed by atoms with van der Waals surface area (Å²) in [4.78, 5) is 23.1. The molecule has 5 nitrogen and oxygen atoms in total. The first-order chi connectivity index (χ1) is 8.51. The molecule has 0 spiro atoms. The number of anilines is 1. The van der Waals surface area contributed by atoms with Crippen molar-refractivity contribution < 1.29 is 19.1 Å². The van der Waals surface area contributed by atoms with Gasteiger partial charge in [-0.15, -0.1) is 0 Å². The SMILES string of the molecule is CCOC(=O)Nc1ccc(I)c(C)c1C(=O)OC. The topological polar surface area (TPSA) is 64.6 Å². The maximum atomic E-state index is 11.7. The van der Waals surface area contributed by atoms with Crippen LogP contribution in [0.25, 0.3) is 0 Å². The van der Waals surface area contributed by atoms with E-state index in [0.29, 0.717) is 11.3 Å². The molecule has 0 bridgehead atoms. The van der Waals surface area contributed by atoms with Crippen LogP contribution in [-0.2, 0) is 9.47 Å². The monoisotopic (exact) mass is 363 g/mol. The fourth-order valence-electron chi connectivity index (χ4n) is 1.43. The fraction of sp³-hybridized carbons (Fsp3) is 0.333. The predicted molar refractivity (Wildman–Crippen MR) is 75.9 cm³/mol. The van der Waals surface area contributed by atoms with Crippen molar-refractivity contribution in [2.24, 2.45) is 0 Å². The van der Waals surface area contributed by atoms with Crippen molar-refractivity contribution in [1.29, 1.82) is 0 Å². The molecule has 0 unspecified atom stereocenters. The van der Waals surface area contributed by atoms with Crippen LogP contribution in [-0.4, -0.2) is 25.8 Å². The maximum Gasteiger partial charge on any atom is 0.411 e. The summed E-state index contributed by atoms with van der Waals surface area (Å²) in [6.45, 7) is 3.77. The van der Waals surface area contributed by atoms with E-state index >= 15 is 0 Å². The van der Waals surface area contributed by atoms with Gasteiger partial charge in [-0.25, -0.2) is 9.59 Å². The van der Waals surface area contributed by atoms with Gasteiger partial charge in [-0.1, -0.05) is 0 Å². The van der Waals surface area contributed by atoms with E-state index in [4.69, 9.17) is 9.47 Å². The molecule has 0 aliphatic heterocycles. The summed E-state index contributed by atoms with van der Waals surface area (Å²) in [5.41, 5.74) is 1.49. The van der Waals surface area contributed by atoms with Crippen molar-refractivity contribution in [1.82, 2.24) is 0 Å². The third-order valence-corrected chi connectivity index (χ3v) is 3.47. The van der Waals surface area contributed by atoms with Crippen LogP contribution in [0.1, 0.15) is 22.8 Å². The number of hydrogen-bond donors (Lipinski definition) is 1. The summed E-state index contributed by atoms with van der Waals surface area (Å²) in [6.07, 6.45) is -0.594. The second kappa shape index (κ2) is 6.58. The lowest BCUT2D eigenvalue weighted by atomic mass is 10.1. The van der Waals surface area contributed by atoms with E-state index in [-0.39, 0.29) is 6.61 Å². The molecule has 1 aromatic rings. The molecule has 1 aromatic carbocycles. The fourth-order valence-corrected chi connectivity index (χ4v) is 1.88. The normalized spacial score (nSPS) is 9.78. The van der Waals surface area contributed by atoms with Crippen LogP contribution in [0.5, 0.6) is 0 Å². The molecule has 0 aliphatic carbocycles. The van der Waals surface area contributed by atoms with Crippen LogP contribution in [0.3, 0.4) is 0 Å². The molecule has 0 saturated heterocycles. The van der Waals surface area contributed by atoms with E-state index in [1.54, 1.807) is 19.9 Å². The zero-order chi connectivity index (χ0) is 13.7. The Hall–Kier alpha value is -1.31. The smallest absolute Gasteiger partial charge is 0.411 e. The molecule has 1 rings (SSSR count). The Kier molecular flexibility index (Phi) is 5.39. The van der Waals surface area contributed by atoms with E-state index in [1.807, 2.05) is 6.07 Å². The Labute approximate surface area is 119 Å². The highest BCUT2D eigenvalue weighted by Crippen LogP contribution is 2.25. The van der Waals surface area contributed by atoms with Crippen molar-refractivity contribution in [2.45, 2.75) is 13.8 Å². The maximum absolute atomic E-state index is 11.7. The molecule has 0 atom stereocenters. The van der Waals surface area contributed by atoms with Gasteiger partial charge in [-0.2, -0.15) is 0 Å². The number of carbonyl (C=O) groups excluding carboxylic acids is 2. The minimum Gasteiger partial charge on any atom is -0.465 e. The Morgan fingerprint density at radius 3 is 2.61 bits per heavy atom. The summed E-state index contributed by atoms with van der Waals surface area (Å²) in [6, 6.07) is 3.46. The third-order valence-electron chi connectivity index (χ3n) is 2.30. The molecule has 6 heteroatoms. The van der Waals surface area contributed by atoms with Gasteiger partial charge in [0.15, 0.2) is 0 Å². The number of benzene rings is 1. The summed E-state index contributed by atoms with van der Waals surface area (Å²) in [5, 5.41) is 2.53. The molecule has 98 valence electrons. The molecule has 18 heavy (non-hydrogen) atoms. The molecular formula is C12H14INO4.